The minimum absolute atomic E-state index is 0.226. The van der Waals surface area contributed by atoms with Crippen LogP contribution in [0.5, 0.6) is 11.5 Å². The van der Waals surface area contributed by atoms with Crippen molar-refractivity contribution < 1.29 is 9.13 Å². The van der Waals surface area contributed by atoms with Gasteiger partial charge in [-0.05, 0) is 55.0 Å². The quantitative estimate of drug-likeness (QED) is 0.614. The van der Waals surface area contributed by atoms with Crippen molar-refractivity contribution >= 4 is 31.9 Å². The third kappa shape index (κ3) is 3.33. The van der Waals surface area contributed by atoms with Crippen molar-refractivity contribution in [3.05, 3.63) is 58.3 Å². The molecule has 1 nitrogen and oxygen atoms in total. The number of rotatable bonds is 3. The van der Waals surface area contributed by atoms with Crippen LogP contribution in [0.3, 0.4) is 0 Å². The van der Waals surface area contributed by atoms with Crippen molar-refractivity contribution in [2.45, 2.75) is 11.8 Å². The van der Waals surface area contributed by atoms with Gasteiger partial charge in [-0.2, -0.15) is 0 Å². The van der Waals surface area contributed by atoms with Crippen LogP contribution in [0.4, 0.5) is 4.39 Å². The lowest BCUT2D eigenvalue weighted by atomic mass is 10.1. The van der Waals surface area contributed by atoms with Crippen LogP contribution in [0.1, 0.15) is 17.3 Å². The molecule has 0 aliphatic rings. The number of halogens is 3. The van der Waals surface area contributed by atoms with Crippen LogP contribution >= 0.6 is 31.9 Å². The molecular weight excluding hydrogens is 363 g/mol. The molecule has 4 heteroatoms. The number of ether oxygens (including phenoxy) is 1. The van der Waals surface area contributed by atoms with Crippen LogP contribution in [0.2, 0.25) is 0 Å². The number of hydrogen-bond acceptors (Lipinski definition) is 1. The normalized spacial score (nSPS) is 12.2. The molecule has 2 rings (SSSR count). The third-order valence-electron chi connectivity index (χ3n) is 2.45. The Bertz CT molecular complexity index is 538. The van der Waals surface area contributed by atoms with Gasteiger partial charge in [0, 0.05) is 9.30 Å². The first-order chi connectivity index (χ1) is 8.56. The first kappa shape index (κ1) is 13.6. The van der Waals surface area contributed by atoms with Crippen LogP contribution in [0, 0.1) is 5.82 Å². The highest BCUT2D eigenvalue weighted by molar-refractivity contribution is 9.11. The van der Waals surface area contributed by atoms with Gasteiger partial charge in [-0.1, -0.05) is 31.9 Å². The molecule has 0 aliphatic heterocycles. The number of hydrogen-bond donors (Lipinski definition) is 0. The molecule has 2 aromatic rings. The number of alkyl halides is 1. The molecule has 0 saturated heterocycles. The Morgan fingerprint density at radius 1 is 1.06 bits per heavy atom. The van der Waals surface area contributed by atoms with Gasteiger partial charge in [-0.15, -0.1) is 0 Å². The third-order valence-corrected chi connectivity index (χ3v) is 3.66. The molecule has 0 fully saturated rings. The van der Waals surface area contributed by atoms with Crippen molar-refractivity contribution in [1.82, 2.24) is 0 Å². The van der Waals surface area contributed by atoms with Crippen molar-refractivity contribution in [2.75, 3.05) is 0 Å². The van der Waals surface area contributed by atoms with Gasteiger partial charge in [0.15, 0.2) is 0 Å². The monoisotopic (exact) mass is 372 g/mol. The lowest BCUT2D eigenvalue weighted by Crippen LogP contribution is -1.89. The lowest BCUT2D eigenvalue weighted by molar-refractivity contribution is 0.480. The van der Waals surface area contributed by atoms with Crippen molar-refractivity contribution in [3.8, 4) is 11.5 Å². The Balaban J connectivity index is 2.24. The highest BCUT2D eigenvalue weighted by Gasteiger charge is 2.08. The summed E-state index contributed by atoms with van der Waals surface area (Å²) in [5.41, 5.74) is 1.11. The molecule has 94 valence electrons. The topological polar surface area (TPSA) is 9.23 Å². The molecule has 0 N–H and O–H groups in total. The largest absolute Gasteiger partial charge is 0.457 e. The highest BCUT2D eigenvalue weighted by Crippen LogP contribution is 2.33. The summed E-state index contributed by atoms with van der Waals surface area (Å²) in [6.07, 6.45) is 0. The van der Waals surface area contributed by atoms with E-state index in [-0.39, 0.29) is 10.6 Å². The Labute approximate surface area is 122 Å². The van der Waals surface area contributed by atoms with Crippen molar-refractivity contribution in [1.29, 1.82) is 0 Å². The van der Waals surface area contributed by atoms with Crippen molar-refractivity contribution in [2.24, 2.45) is 0 Å². The fourth-order valence-corrected chi connectivity index (χ4v) is 2.80. The number of benzene rings is 2. The second-order valence-corrected chi connectivity index (χ2v) is 6.08. The average Bonchev–Trinajstić information content (AvgIpc) is 2.34. The minimum atomic E-state index is -0.270. The van der Waals surface area contributed by atoms with E-state index in [1.807, 2.05) is 25.1 Å². The molecule has 0 bridgehead atoms. The standard InChI is InChI=1S/C14H11Br2FO/c1-9(15)13-8-12(6-7-14(13)16)18-11-4-2-10(17)3-5-11/h2-9H,1H3. The maximum absolute atomic E-state index is 12.8. The smallest absolute Gasteiger partial charge is 0.127 e. The Kier molecular flexibility index (Phi) is 4.40. The molecular formula is C14H11Br2FO. The summed E-state index contributed by atoms with van der Waals surface area (Å²) in [5, 5.41) is 0. The van der Waals surface area contributed by atoms with Gasteiger partial charge < -0.3 is 4.74 Å². The summed E-state index contributed by atoms with van der Waals surface area (Å²) >= 11 is 7.02. The van der Waals surface area contributed by atoms with Gasteiger partial charge in [-0.25, -0.2) is 4.39 Å². The Morgan fingerprint density at radius 2 is 1.67 bits per heavy atom. The van der Waals surface area contributed by atoms with E-state index in [0.29, 0.717) is 5.75 Å². The zero-order valence-corrected chi connectivity index (χ0v) is 12.8. The van der Waals surface area contributed by atoms with E-state index in [9.17, 15) is 4.39 Å². The van der Waals surface area contributed by atoms with E-state index in [2.05, 4.69) is 31.9 Å². The summed E-state index contributed by atoms with van der Waals surface area (Å²) in [4.78, 5) is 0.226. The molecule has 1 atom stereocenters. The summed E-state index contributed by atoms with van der Waals surface area (Å²) in [5.74, 6) is 1.07. The molecule has 18 heavy (non-hydrogen) atoms. The fraction of sp³-hybridized carbons (Fsp3) is 0.143. The Morgan fingerprint density at radius 3 is 2.28 bits per heavy atom. The first-order valence-corrected chi connectivity index (χ1v) is 7.14. The highest BCUT2D eigenvalue weighted by atomic mass is 79.9. The van der Waals surface area contributed by atoms with Crippen LogP contribution in [0.25, 0.3) is 0 Å². The second-order valence-electron chi connectivity index (χ2n) is 3.86. The summed E-state index contributed by atoms with van der Waals surface area (Å²) < 4.78 is 19.5. The maximum atomic E-state index is 12.8. The summed E-state index contributed by atoms with van der Waals surface area (Å²) in [7, 11) is 0. The van der Waals surface area contributed by atoms with Gasteiger partial charge in [0.25, 0.3) is 0 Å². The minimum Gasteiger partial charge on any atom is -0.457 e. The van der Waals surface area contributed by atoms with Gasteiger partial charge in [0.05, 0.1) is 0 Å². The van der Waals surface area contributed by atoms with E-state index in [4.69, 9.17) is 4.74 Å². The molecule has 1 unspecified atom stereocenters. The van der Waals surface area contributed by atoms with E-state index in [1.54, 1.807) is 12.1 Å². The lowest BCUT2D eigenvalue weighted by Gasteiger charge is -2.11. The van der Waals surface area contributed by atoms with Crippen LogP contribution < -0.4 is 4.74 Å². The van der Waals surface area contributed by atoms with Crippen LogP contribution in [-0.4, -0.2) is 0 Å². The van der Waals surface area contributed by atoms with E-state index < -0.39 is 0 Å². The van der Waals surface area contributed by atoms with E-state index in [0.717, 1.165) is 15.8 Å². The molecule has 0 radical (unpaired) electrons. The van der Waals surface area contributed by atoms with Gasteiger partial charge in [-0.3, -0.25) is 0 Å². The molecule has 2 aromatic carbocycles. The van der Waals surface area contributed by atoms with Crippen LogP contribution in [0.15, 0.2) is 46.9 Å². The van der Waals surface area contributed by atoms with Gasteiger partial charge in [0.2, 0.25) is 0 Å². The van der Waals surface area contributed by atoms with E-state index >= 15 is 0 Å². The summed E-state index contributed by atoms with van der Waals surface area (Å²) in [6, 6.07) is 11.7. The molecule has 0 aromatic heterocycles. The maximum Gasteiger partial charge on any atom is 0.127 e. The molecule has 0 amide bonds. The molecule has 0 saturated carbocycles. The zero-order valence-electron chi connectivity index (χ0n) is 9.66. The predicted octanol–water partition coefficient (Wildman–Crippen LogP) is 5.84. The average molecular weight is 374 g/mol. The first-order valence-electron chi connectivity index (χ1n) is 5.43. The molecule has 0 heterocycles. The SMILES string of the molecule is CC(Br)c1cc(Oc2ccc(F)cc2)ccc1Br. The van der Waals surface area contributed by atoms with Gasteiger partial charge >= 0.3 is 0 Å². The predicted molar refractivity (Wildman–Crippen MR) is 78.0 cm³/mol. The molecule has 0 aliphatic carbocycles. The second kappa shape index (κ2) is 5.85. The van der Waals surface area contributed by atoms with Crippen molar-refractivity contribution in [3.63, 3.8) is 0 Å². The fourth-order valence-electron chi connectivity index (χ4n) is 1.53. The zero-order chi connectivity index (χ0) is 13.1. The Hall–Kier alpha value is -0.870. The van der Waals surface area contributed by atoms with E-state index in [1.165, 1.54) is 12.1 Å². The van der Waals surface area contributed by atoms with Crippen LogP contribution in [-0.2, 0) is 0 Å². The van der Waals surface area contributed by atoms with Gasteiger partial charge in [0.1, 0.15) is 17.3 Å². The summed E-state index contributed by atoms with van der Waals surface area (Å²) in [6.45, 7) is 2.04. The molecule has 0 spiro atoms.